The first kappa shape index (κ1) is 34.7. The van der Waals surface area contributed by atoms with Crippen molar-refractivity contribution in [1.29, 1.82) is 0 Å². The fourth-order valence-corrected chi connectivity index (χ4v) is 8.69. The lowest BCUT2D eigenvalue weighted by Crippen LogP contribution is -2.63. The van der Waals surface area contributed by atoms with Crippen LogP contribution in [0.15, 0.2) is 12.1 Å². The van der Waals surface area contributed by atoms with E-state index in [4.69, 9.17) is 19.9 Å². The van der Waals surface area contributed by atoms with Crippen LogP contribution in [0.5, 0.6) is 17.2 Å². The number of phenols is 1. The van der Waals surface area contributed by atoms with Gasteiger partial charge in [0.25, 0.3) is 0 Å². The number of aryl methyl sites for hydroxylation is 1. The van der Waals surface area contributed by atoms with Gasteiger partial charge >= 0.3 is 0 Å². The summed E-state index contributed by atoms with van der Waals surface area (Å²) >= 11 is 0. The van der Waals surface area contributed by atoms with Gasteiger partial charge in [0.1, 0.15) is 48.0 Å². The summed E-state index contributed by atoms with van der Waals surface area (Å²) in [5, 5.41) is 75.6. The minimum Gasteiger partial charge on any atom is -0.506 e. The van der Waals surface area contributed by atoms with Crippen molar-refractivity contribution in [2.45, 2.75) is 68.4 Å². The molecule has 15 heteroatoms. The van der Waals surface area contributed by atoms with Crippen LogP contribution in [0.25, 0.3) is 10.8 Å². The second kappa shape index (κ2) is 14.9. The topological polar surface area (TPSA) is 229 Å². The van der Waals surface area contributed by atoms with E-state index in [2.05, 4.69) is 0 Å². The number of hydrogen-bond acceptors (Lipinski definition) is 15. The van der Waals surface area contributed by atoms with Gasteiger partial charge in [0, 0.05) is 41.4 Å². The Balaban J connectivity index is 1.93. The summed E-state index contributed by atoms with van der Waals surface area (Å²) in [6, 6.07) is 2.90. The lowest BCUT2D eigenvalue weighted by Gasteiger charge is -2.44. The van der Waals surface area contributed by atoms with Crippen molar-refractivity contribution in [2.75, 3.05) is 26.0 Å². The second-order valence-electron chi connectivity index (χ2n) is 11.0. The van der Waals surface area contributed by atoms with Crippen LogP contribution in [0.3, 0.4) is 0 Å². The molecule has 1 saturated heterocycles. The van der Waals surface area contributed by atoms with Crippen molar-refractivity contribution < 1.29 is 59.5 Å². The van der Waals surface area contributed by atoms with Crippen LogP contribution >= 0.6 is 21.6 Å². The minimum absolute atomic E-state index is 0.00368. The molecular formula is C29H39NO12S2. The number of nitrogens with two attached hydrogens (primary N) is 1. The molecule has 0 amide bonds. The SMILES string of the molecule is COc1cc2c3c(O)c(c(C)cc3c1CO)C(=O)C[C@H](CO)SSCC([C@H](CN)CC=O)[C@H](O)[C@@H]1O[C@H](O2)[C@H](O)[C@@H](O)[C@@H]1O. The van der Waals surface area contributed by atoms with E-state index < -0.39 is 72.0 Å². The molecule has 0 saturated carbocycles. The molecule has 2 aromatic rings. The molecule has 2 aromatic carbocycles. The van der Waals surface area contributed by atoms with Crippen LogP contribution in [-0.2, 0) is 16.1 Å². The van der Waals surface area contributed by atoms with Crippen molar-refractivity contribution in [2.24, 2.45) is 17.6 Å². The Bertz CT molecular complexity index is 1350. The van der Waals surface area contributed by atoms with Crippen LogP contribution in [0, 0.1) is 18.8 Å². The normalized spacial score (nSPS) is 30.6. The molecule has 0 aromatic heterocycles. The third kappa shape index (κ3) is 6.67. The first-order valence-corrected chi connectivity index (χ1v) is 16.5. The number of ether oxygens (including phenoxy) is 3. The van der Waals surface area contributed by atoms with Crippen LogP contribution in [0.1, 0.15) is 34.3 Å². The van der Waals surface area contributed by atoms with E-state index >= 15 is 0 Å². The third-order valence-corrected chi connectivity index (χ3v) is 11.2. The lowest BCUT2D eigenvalue weighted by molar-refractivity contribution is -0.292. The molecule has 9 N–H and O–H groups in total. The van der Waals surface area contributed by atoms with Gasteiger partial charge in [-0.2, -0.15) is 0 Å². The predicted octanol–water partition coefficient (Wildman–Crippen LogP) is 0.0108. The van der Waals surface area contributed by atoms with Crippen molar-refractivity contribution >= 4 is 44.4 Å². The molecule has 4 rings (SSSR count). The molecular weight excluding hydrogens is 618 g/mol. The Morgan fingerprint density at radius 2 is 1.86 bits per heavy atom. The number of aromatic hydroxyl groups is 1. The number of carbonyl (C=O) groups is 2. The van der Waals surface area contributed by atoms with E-state index in [0.717, 1.165) is 0 Å². The number of methoxy groups -OCH3 is 1. The zero-order valence-corrected chi connectivity index (χ0v) is 25.9. The van der Waals surface area contributed by atoms with E-state index in [1.165, 1.54) is 34.8 Å². The van der Waals surface area contributed by atoms with Crippen LogP contribution in [0.4, 0.5) is 0 Å². The Labute approximate surface area is 261 Å². The number of aliphatic hydroxyl groups excluding tert-OH is 6. The number of ketones is 1. The van der Waals surface area contributed by atoms with E-state index in [1.807, 2.05) is 0 Å². The highest BCUT2D eigenvalue weighted by Gasteiger charge is 2.50. The fourth-order valence-electron chi connectivity index (χ4n) is 5.85. The molecule has 2 heterocycles. The van der Waals surface area contributed by atoms with Crippen LogP contribution in [0.2, 0.25) is 0 Å². The Morgan fingerprint density at radius 1 is 1.14 bits per heavy atom. The summed E-state index contributed by atoms with van der Waals surface area (Å²) < 4.78 is 17.4. The number of benzene rings is 2. The maximum absolute atomic E-state index is 13.6. The first-order valence-electron chi connectivity index (χ1n) is 14.1. The summed E-state index contributed by atoms with van der Waals surface area (Å²) in [5.41, 5.74) is 6.58. The number of aliphatic hydroxyl groups is 6. The Morgan fingerprint density at radius 3 is 2.48 bits per heavy atom. The standard InChI is InChI=1S/C29H39NO12S2/c1-12-5-15-16(10-33)19(40-2)7-20-22(15)24(36)21(12)18(34)6-14(9-32)44-43-11-17(13(8-30)3-4-31)23(35)28-26(38)25(37)27(39)29(41-20)42-28/h4-5,7,13-14,17,23,25-29,32-33,35-39H,3,6,8-11,30H2,1-2H3/t13-,14+,17?,23-,25-,26-,27+,28-,29-/m0/s1. The summed E-state index contributed by atoms with van der Waals surface area (Å²) in [6.45, 7) is 0.738. The fraction of sp³-hybridized carbons (Fsp3) is 0.586. The lowest BCUT2D eigenvalue weighted by atomic mass is 9.81. The summed E-state index contributed by atoms with van der Waals surface area (Å²) in [6.07, 6.45) is -9.64. The summed E-state index contributed by atoms with van der Waals surface area (Å²) in [7, 11) is 3.75. The first-order chi connectivity index (χ1) is 21.0. The van der Waals surface area contributed by atoms with Gasteiger partial charge in [0.15, 0.2) is 5.78 Å². The van der Waals surface area contributed by atoms with Crippen LogP contribution in [-0.4, -0.2) is 116 Å². The van der Waals surface area contributed by atoms with E-state index in [9.17, 15) is 45.3 Å². The zero-order chi connectivity index (χ0) is 32.3. The average molecular weight is 658 g/mol. The maximum Gasteiger partial charge on any atom is 0.229 e. The molecule has 44 heavy (non-hydrogen) atoms. The van der Waals surface area contributed by atoms with Gasteiger partial charge in [-0.25, -0.2) is 0 Å². The molecule has 9 atom stereocenters. The number of rotatable bonds is 7. The quantitative estimate of drug-likeness (QED) is 0.145. The number of Topliss-reactive ketones (excluding diaryl/α,β-unsaturated/α-hetero) is 1. The maximum atomic E-state index is 13.6. The molecule has 4 bridgehead atoms. The van der Waals surface area contributed by atoms with Crippen LogP contribution < -0.4 is 15.2 Å². The van der Waals surface area contributed by atoms with Gasteiger partial charge in [0.2, 0.25) is 6.29 Å². The van der Waals surface area contributed by atoms with E-state index in [-0.39, 0.29) is 65.1 Å². The van der Waals surface area contributed by atoms with Crippen molar-refractivity contribution in [1.82, 2.24) is 0 Å². The number of hydrogen-bond donors (Lipinski definition) is 8. The molecule has 2 aliphatic rings. The highest BCUT2D eigenvalue weighted by molar-refractivity contribution is 8.76. The van der Waals surface area contributed by atoms with Crippen molar-refractivity contribution in [3.05, 3.63) is 28.8 Å². The zero-order valence-electron chi connectivity index (χ0n) is 24.2. The van der Waals surface area contributed by atoms with E-state index in [0.29, 0.717) is 11.8 Å². The highest BCUT2D eigenvalue weighted by atomic mass is 33.1. The molecule has 244 valence electrons. The number of fused-ring (bicyclic) bond motifs is 3. The van der Waals surface area contributed by atoms with Crippen molar-refractivity contribution in [3.8, 4) is 17.2 Å². The average Bonchev–Trinajstić information content (AvgIpc) is 3.00. The number of aldehydes is 1. The molecule has 0 aliphatic carbocycles. The number of carbonyl (C=O) groups excluding carboxylic acids is 2. The number of phenolic OH excluding ortho intramolecular Hbond substituents is 1. The minimum atomic E-state index is -1.84. The second-order valence-corrected chi connectivity index (χ2v) is 13.7. The molecule has 13 nitrogen and oxygen atoms in total. The van der Waals surface area contributed by atoms with Crippen molar-refractivity contribution in [3.63, 3.8) is 0 Å². The van der Waals surface area contributed by atoms with Gasteiger partial charge in [0.05, 0.1) is 37.4 Å². The largest absolute Gasteiger partial charge is 0.506 e. The third-order valence-electron chi connectivity index (χ3n) is 8.30. The Hall–Kier alpha value is -2.18. The van der Waals surface area contributed by atoms with E-state index in [1.54, 1.807) is 13.0 Å². The van der Waals surface area contributed by atoms with Gasteiger partial charge < -0.3 is 60.5 Å². The monoisotopic (exact) mass is 657 g/mol. The molecule has 1 unspecified atom stereocenters. The highest BCUT2D eigenvalue weighted by Crippen LogP contribution is 2.46. The molecule has 0 radical (unpaired) electrons. The van der Waals surface area contributed by atoms with Gasteiger partial charge in [-0.05, 0) is 36.4 Å². The van der Waals surface area contributed by atoms with Gasteiger partial charge in [-0.3, -0.25) is 4.79 Å². The molecule has 1 fully saturated rings. The predicted molar refractivity (Wildman–Crippen MR) is 163 cm³/mol. The smallest absolute Gasteiger partial charge is 0.229 e. The molecule has 0 spiro atoms. The molecule has 2 aliphatic heterocycles. The summed E-state index contributed by atoms with van der Waals surface area (Å²) in [5.74, 6) is -2.10. The van der Waals surface area contributed by atoms with Gasteiger partial charge in [-0.1, -0.05) is 21.6 Å². The van der Waals surface area contributed by atoms with Gasteiger partial charge in [-0.15, -0.1) is 0 Å². The Kier molecular flexibility index (Phi) is 11.8. The summed E-state index contributed by atoms with van der Waals surface area (Å²) in [4.78, 5) is 25.0.